The van der Waals surface area contributed by atoms with Crippen LogP contribution < -0.4 is 9.62 Å². The molecule has 1 aromatic heterocycles. The fourth-order valence-corrected chi connectivity index (χ4v) is 5.35. The highest BCUT2D eigenvalue weighted by molar-refractivity contribution is 7.93. The van der Waals surface area contributed by atoms with E-state index in [1.54, 1.807) is 22.4 Å². The smallest absolute Gasteiger partial charge is 0.273 e. The summed E-state index contributed by atoms with van der Waals surface area (Å²) in [5.74, 6) is -0.201. The number of anilines is 2. The van der Waals surface area contributed by atoms with Crippen molar-refractivity contribution in [3.8, 4) is 0 Å². The Balaban J connectivity index is 1.38. The molecule has 1 amide bonds. The Morgan fingerprint density at radius 2 is 1.68 bits per heavy atom. The molecular weight excluding hydrogens is 456 g/mol. The van der Waals surface area contributed by atoms with E-state index >= 15 is 0 Å². The number of thiazole rings is 1. The first-order chi connectivity index (χ1) is 14.8. The third-order valence-corrected chi connectivity index (χ3v) is 7.53. The Bertz CT molecular complexity index is 1170. The number of sulfonamides is 1. The second kappa shape index (κ2) is 8.86. The highest BCUT2D eigenvalue weighted by Gasteiger charge is 2.25. The quantitative estimate of drug-likeness (QED) is 0.604. The summed E-state index contributed by atoms with van der Waals surface area (Å²) in [7, 11) is -3.75. The predicted octanol–water partition coefficient (Wildman–Crippen LogP) is 3.87. The van der Waals surface area contributed by atoms with Crippen LogP contribution in [0.25, 0.3) is 0 Å². The van der Waals surface area contributed by atoms with Crippen LogP contribution in [0.2, 0.25) is 5.02 Å². The van der Waals surface area contributed by atoms with Gasteiger partial charge in [0.05, 0.1) is 4.90 Å². The van der Waals surface area contributed by atoms with Crippen molar-refractivity contribution in [2.75, 3.05) is 35.8 Å². The first-order valence-electron chi connectivity index (χ1n) is 9.67. The average molecular weight is 477 g/mol. The number of amides is 1. The Kier molecular flexibility index (Phi) is 6.17. The second-order valence-corrected chi connectivity index (χ2v) is 10.2. The number of halogens is 1. The lowest BCUT2D eigenvalue weighted by Gasteiger charge is -2.35. The van der Waals surface area contributed by atoms with Crippen molar-refractivity contribution < 1.29 is 13.2 Å². The Morgan fingerprint density at radius 3 is 2.32 bits per heavy atom. The predicted molar refractivity (Wildman–Crippen MR) is 124 cm³/mol. The molecule has 1 N–H and O–H groups in total. The van der Waals surface area contributed by atoms with E-state index in [2.05, 4.69) is 14.6 Å². The van der Waals surface area contributed by atoms with Gasteiger partial charge in [-0.2, -0.15) is 0 Å². The number of nitrogens with one attached hydrogen (secondary N) is 1. The van der Waals surface area contributed by atoms with Crippen molar-refractivity contribution in [1.29, 1.82) is 0 Å². The summed E-state index contributed by atoms with van der Waals surface area (Å²) in [5.41, 5.74) is 2.28. The lowest BCUT2D eigenvalue weighted by atomic mass is 10.2. The summed E-state index contributed by atoms with van der Waals surface area (Å²) in [6, 6.07) is 14.2. The van der Waals surface area contributed by atoms with E-state index in [0.29, 0.717) is 31.2 Å². The molecule has 0 saturated carbocycles. The minimum absolute atomic E-state index is 0.152. The Morgan fingerprint density at radius 1 is 1.03 bits per heavy atom. The molecule has 3 aromatic rings. The normalized spacial score (nSPS) is 14.5. The zero-order chi connectivity index (χ0) is 22.0. The maximum absolute atomic E-state index is 12.8. The molecule has 4 rings (SSSR count). The maximum Gasteiger partial charge on any atom is 0.273 e. The van der Waals surface area contributed by atoms with Crippen molar-refractivity contribution in [2.24, 2.45) is 0 Å². The molecule has 0 aliphatic carbocycles. The van der Waals surface area contributed by atoms with Crippen LogP contribution in [0.4, 0.5) is 10.8 Å². The second-order valence-electron chi connectivity index (χ2n) is 7.21. The minimum Gasteiger partial charge on any atom is -0.368 e. The highest BCUT2D eigenvalue weighted by Crippen LogP contribution is 2.23. The van der Waals surface area contributed by atoms with Crippen LogP contribution in [0.5, 0.6) is 0 Å². The molecule has 1 aliphatic heterocycles. The zero-order valence-corrected chi connectivity index (χ0v) is 19.2. The molecular formula is C21H21ClN4O3S2. The van der Waals surface area contributed by atoms with Gasteiger partial charge in [0.15, 0.2) is 5.13 Å². The lowest BCUT2D eigenvalue weighted by Crippen LogP contribution is -2.48. The topological polar surface area (TPSA) is 82.6 Å². The fraction of sp³-hybridized carbons (Fsp3) is 0.238. The Labute approximate surface area is 190 Å². The van der Waals surface area contributed by atoms with Gasteiger partial charge in [-0.15, -0.1) is 11.3 Å². The first-order valence-corrected chi connectivity index (χ1v) is 12.4. The molecule has 162 valence electrons. The summed E-state index contributed by atoms with van der Waals surface area (Å²) in [4.78, 5) is 21.1. The molecule has 1 fully saturated rings. The molecule has 1 aliphatic rings. The highest BCUT2D eigenvalue weighted by atomic mass is 35.5. The van der Waals surface area contributed by atoms with Gasteiger partial charge in [0.1, 0.15) is 5.69 Å². The number of hydrogen-bond donors (Lipinski definition) is 1. The van der Waals surface area contributed by atoms with E-state index in [4.69, 9.17) is 11.6 Å². The largest absolute Gasteiger partial charge is 0.368 e. The number of aryl methyl sites for hydroxylation is 1. The summed E-state index contributed by atoms with van der Waals surface area (Å²) in [5, 5.41) is 2.44. The van der Waals surface area contributed by atoms with Crippen molar-refractivity contribution in [1.82, 2.24) is 9.88 Å². The molecule has 0 bridgehead atoms. The van der Waals surface area contributed by atoms with Crippen LogP contribution in [-0.4, -0.2) is 50.4 Å². The summed E-state index contributed by atoms with van der Waals surface area (Å²) >= 11 is 7.04. The number of rotatable bonds is 5. The lowest BCUT2D eigenvalue weighted by molar-refractivity contribution is 0.0742. The van der Waals surface area contributed by atoms with E-state index in [1.807, 2.05) is 31.2 Å². The molecule has 7 nitrogen and oxygen atoms in total. The molecule has 2 aromatic carbocycles. The summed E-state index contributed by atoms with van der Waals surface area (Å²) < 4.78 is 27.5. The third-order valence-electron chi connectivity index (χ3n) is 5.03. The molecule has 1 saturated heterocycles. The molecule has 0 radical (unpaired) electrons. The van der Waals surface area contributed by atoms with Gasteiger partial charge >= 0.3 is 0 Å². The van der Waals surface area contributed by atoms with Gasteiger partial charge in [-0.25, -0.2) is 13.4 Å². The van der Waals surface area contributed by atoms with Crippen molar-refractivity contribution >= 4 is 49.7 Å². The molecule has 0 spiro atoms. The zero-order valence-electron chi connectivity index (χ0n) is 16.8. The average Bonchev–Trinajstić information content (AvgIpc) is 3.22. The van der Waals surface area contributed by atoms with Gasteiger partial charge in [-0.3, -0.25) is 9.52 Å². The fourth-order valence-electron chi connectivity index (χ4n) is 3.29. The van der Waals surface area contributed by atoms with Crippen LogP contribution in [-0.2, 0) is 10.0 Å². The van der Waals surface area contributed by atoms with E-state index in [1.165, 1.54) is 12.1 Å². The molecule has 2 heterocycles. The van der Waals surface area contributed by atoms with Gasteiger partial charge < -0.3 is 9.80 Å². The summed E-state index contributed by atoms with van der Waals surface area (Å²) in [6.07, 6.45) is 0. The van der Waals surface area contributed by atoms with Gasteiger partial charge in [-0.1, -0.05) is 29.3 Å². The molecule has 0 unspecified atom stereocenters. The number of benzene rings is 2. The minimum atomic E-state index is -3.75. The van der Waals surface area contributed by atoms with E-state index in [0.717, 1.165) is 22.6 Å². The molecule has 31 heavy (non-hydrogen) atoms. The van der Waals surface area contributed by atoms with Gasteiger partial charge in [-0.05, 0) is 43.3 Å². The SMILES string of the molecule is Cc1ccc(S(=O)(=O)Nc2nc(C(=O)N3CCN(c4ccc(Cl)cc4)CC3)cs2)cc1. The number of hydrogen-bond acceptors (Lipinski definition) is 6. The van der Waals surface area contributed by atoms with Crippen LogP contribution in [0, 0.1) is 6.92 Å². The standard InChI is InChI=1S/C21H21ClN4O3S2/c1-15-2-8-18(9-3-15)31(28,29)24-21-23-19(14-30-21)20(27)26-12-10-25(11-13-26)17-6-4-16(22)5-7-17/h2-9,14H,10-13H2,1H3,(H,23,24). The van der Waals surface area contributed by atoms with Crippen LogP contribution in [0.1, 0.15) is 16.1 Å². The first kappa shape index (κ1) is 21.6. The maximum atomic E-state index is 12.8. The third kappa shape index (κ3) is 5.00. The van der Waals surface area contributed by atoms with E-state index < -0.39 is 10.0 Å². The monoisotopic (exact) mass is 476 g/mol. The number of nitrogens with zero attached hydrogens (tertiary/aromatic N) is 3. The van der Waals surface area contributed by atoms with Gasteiger partial charge in [0, 0.05) is 42.3 Å². The van der Waals surface area contributed by atoms with Crippen LogP contribution >= 0.6 is 22.9 Å². The van der Waals surface area contributed by atoms with E-state index in [9.17, 15) is 13.2 Å². The molecule has 10 heteroatoms. The summed E-state index contributed by atoms with van der Waals surface area (Å²) in [6.45, 7) is 4.40. The molecule has 0 atom stereocenters. The van der Waals surface area contributed by atoms with Crippen LogP contribution in [0.3, 0.4) is 0 Å². The Hall–Kier alpha value is -2.62. The number of piperazine rings is 1. The van der Waals surface area contributed by atoms with Crippen molar-refractivity contribution in [3.63, 3.8) is 0 Å². The van der Waals surface area contributed by atoms with Gasteiger partial charge in [0.25, 0.3) is 15.9 Å². The van der Waals surface area contributed by atoms with E-state index in [-0.39, 0.29) is 21.6 Å². The van der Waals surface area contributed by atoms with Gasteiger partial charge in [0.2, 0.25) is 0 Å². The van der Waals surface area contributed by atoms with Crippen LogP contribution in [0.15, 0.2) is 58.8 Å². The number of carbonyl (C=O) groups excluding carboxylic acids is 1. The van der Waals surface area contributed by atoms with Crippen molar-refractivity contribution in [2.45, 2.75) is 11.8 Å². The number of carbonyl (C=O) groups is 1. The van der Waals surface area contributed by atoms with Crippen molar-refractivity contribution in [3.05, 3.63) is 70.2 Å². The number of aromatic nitrogens is 1.